The lowest BCUT2D eigenvalue weighted by Crippen LogP contribution is -2.17. The fourth-order valence-corrected chi connectivity index (χ4v) is 2.36. The van der Waals surface area contributed by atoms with E-state index in [9.17, 15) is 5.11 Å². The number of para-hydroxylation sites is 1. The number of ether oxygens (including phenoxy) is 2. The lowest BCUT2D eigenvalue weighted by molar-refractivity contribution is 0.158. The van der Waals surface area contributed by atoms with Crippen molar-refractivity contribution in [1.82, 2.24) is 9.78 Å². The quantitative estimate of drug-likeness (QED) is 0.928. The Kier molecular flexibility index (Phi) is 3.60. The molecule has 1 aliphatic heterocycles. The van der Waals surface area contributed by atoms with Crippen LogP contribution in [0.2, 0.25) is 0 Å². The third-order valence-corrected chi connectivity index (χ3v) is 3.31. The van der Waals surface area contributed by atoms with Gasteiger partial charge >= 0.3 is 0 Å². The van der Waals surface area contributed by atoms with Crippen molar-refractivity contribution in [2.75, 3.05) is 13.2 Å². The van der Waals surface area contributed by atoms with Gasteiger partial charge in [0.1, 0.15) is 19.3 Å². The van der Waals surface area contributed by atoms with E-state index >= 15 is 0 Å². The van der Waals surface area contributed by atoms with Crippen LogP contribution in [-0.4, -0.2) is 28.1 Å². The minimum atomic E-state index is -0.753. The summed E-state index contributed by atoms with van der Waals surface area (Å²) in [5.41, 5.74) is 1.49. The van der Waals surface area contributed by atoms with Crippen molar-refractivity contribution in [2.24, 2.45) is 0 Å². The van der Waals surface area contributed by atoms with Crippen LogP contribution in [0.5, 0.6) is 11.5 Å². The summed E-state index contributed by atoms with van der Waals surface area (Å²) < 4.78 is 13.0. The van der Waals surface area contributed by atoms with E-state index in [-0.39, 0.29) is 0 Å². The van der Waals surface area contributed by atoms with Crippen molar-refractivity contribution in [3.05, 3.63) is 41.7 Å². The molecule has 0 saturated carbocycles. The number of aryl methyl sites for hydroxylation is 1. The van der Waals surface area contributed by atoms with Crippen molar-refractivity contribution in [1.29, 1.82) is 0 Å². The maximum atomic E-state index is 10.5. The van der Waals surface area contributed by atoms with E-state index in [0.29, 0.717) is 24.7 Å². The maximum absolute atomic E-state index is 10.5. The number of nitrogens with zero attached hydrogens (tertiary/aromatic N) is 2. The first kappa shape index (κ1) is 13.0. The molecule has 2 heterocycles. The van der Waals surface area contributed by atoms with Crippen molar-refractivity contribution in [3.8, 4) is 11.5 Å². The highest BCUT2D eigenvalue weighted by Crippen LogP contribution is 2.38. The second-order valence-corrected chi connectivity index (χ2v) is 4.81. The molecule has 5 heteroatoms. The summed E-state index contributed by atoms with van der Waals surface area (Å²) in [7, 11) is 0. The zero-order valence-electron chi connectivity index (χ0n) is 11.5. The van der Waals surface area contributed by atoms with Gasteiger partial charge in [-0.3, -0.25) is 4.68 Å². The van der Waals surface area contributed by atoms with E-state index in [1.54, 1.807) is 6.20 Å². The summed E-state index contributed by atoms with van der Waals surface area (Å²) in [5.74, 6) is 1.32. The van der Waals surface area contributed by atoms with Gasteiger partial charge in [-0.2, -0.15) is 5.10 Å². The summed E-state index contributed by atoms with van der Waals surface area (Å²) in [6.45, 7) is 3.99. The number of rotatable bonds is 4. The van der Waals surface area contributed by atoms with Gasteiger partial charge in [0, 0.05) is 23.9 Å². The molecular formula is C15H18N2O3. The molecule has 0 radical (unpaired) electrons. The summed E-state index contributed by atoms with van der Waals surface area (Å²) in [4.78, 5) is 0. The van der Waals surface area contributed by atoms with E-state index in [2.05, 4.69) is 12.0 Å². The van der Waals surface area contributed by atoms with Gasteiger partial charge in [0.2, 0.25) is 0 Å². The Morgan fingerprint density at radius 1 is 1.35 bits per heavy atom. The zero-order valence-corrected chi connectivity index (χ0v) is 11.5. The Labute approximate surface area is 117 Å². The van der Waals surface area contributed by atoms with Crippen molar-refractivity contribution in [3.63, 3.8) is 0 Å². The molecule has 5 nitrogen and oxygen atoms in total. The molecule has 0 spiro atoms. The van der Waals surface area contributed by atoms with Crippen molar-refractivity contribution in [2.45, 2.75) is 26.0 Å². The molecule has 2 aromatic rings. The average Bonchev–Trinajstić information content (AvgIpc) is 2.95. The Bertz CT molecular complexity index is 595. The van der Waals surface area contributed by atoms with Gasteiger partial charge in [-0.05, 0) is 12.5 Å². The first-order valence-electron chi connectivity index (χ1n) is 6.88. The highest BCUT2D eigenvalue weighted by molar-refractivity contribution is 5.50. The monoisotopic (exact) mass is 274 g/mol. The minimum absolute atomic E-state index is 0.506. The molecule has 0 aliphatic carbocycles. The van der Waals surface area contributed by atoms with Crippen LogP contribution in [0.1, 0.15) is 30.6 Å². The predicted octanol–water partition coefficient (Wildman–Crippen LogP) is 2.15. The van der Waals surface area contributed by atoms with Crippen LogP contribution in [-0.2, 0) is 6.54 Å². The summed E-state index contributed by atoms with van der Waals surface area (Å²) >= 11 is 0. The standard InChI is InChI=1S/C15H18N2O3/c1-2-6-17-10-11(9-16-17)14(18)12-4-3-5-13-15(12)20-8-7-19-13/h3-5,9-10,14,18H,2,6-8H2,1H3. The van der Waals surface area contributed by atoms with E-state index in [4.69, 9.17) is 9.47 Å². The van der Waals surface area contributed by atoms with Crippen LogP contribution >= 0.6 is 0 Å². The molecule has 0 fully saturated rings. The highest BCUT2D eigenvalue weighted by Gasteiger charge is 2.22. The molecule has 0 bridgehead atoms. The van der Waals surface area contributed by atoms with Crippen LogP contribution < -0.4 is 9.47 Å². The molecule has 1 aliphatic rings. The maximum Gasteiger partial charge on any atom is 0.167 e. The minimum Gasteiger partial charge on any atom is -0.486 e. The number of aromatic nitrogens is 2. The Hall–Kier alpha value is -2.01. The van der Waals surface area contributed by atoms with Gasteiger partial charge in [0.05, 0.1) is 6.20 Å². The summed E-state index contributed by atoms with van der Waals surface area (Å²) in [5, 5.41) is 14.8. The number of fused-ring (bicyclic) bond motifs is 1. The molecule has 20 heavy (non-hydrogen) atoms. The van der Waals surface area contributed by atoms with Crippen molar-refractivity contribution >= 4 is 0 Å². The highest BCUT2D eigenvalue weighted by atomic mass is 16.6. The zero-order chi connectivity index (χ0) is 13.9. The summed E-state index contributed by atoms with van der Waals surface area (Å²) in [6, 6.07) is 5.57. The van der Waals surface area contributed by atoms with Crippen LogP contribution in [0.4, 0.5) is 0 Å². The number of aliphatic hydroxyl groups is 1. The normalized spacial score (nSPS) is 15.1. The lowest BCUT2D eigenvalue weighted by Gasteiger charge is -2.22. The van der Waals surface area contributed by atoms with E-state index < -0.39 is 6.10 Å². The Morgan fingerprint density at radius 3 is 3.05 bits per heavy atom. The van der Waals surface area contributed by atoms with Crippen LogP contribution in [0.15, 0.2) is 30.6 Å². The second-order valence-electron chi connectivity index (χ2n) is 4.81. The Morgan fingerprint density at radius 2 is 2.20 bits per heavy atom. The molecule has 1 atom stereocenters. The molecule has 106 valence electrons. The number of benzene rings is 1. The predicted molar refractivity (Wildman–Crippen MR) is 74.0 cm³/mol. The molecule has 0 saturated heterocycles. The first-order chi connectivity index (χ1) is 9.79. The molecule has 1 unspecified atom stereocenters. The first-order valence-corrected chi connectivity index (χ1v) is 6.88. The molecule has 0 amide bonds. The van der Waals surface area contributed by atoms with Gasteiger partial charge < -0.3 is 14.6 Å². The topological polar surface area (TPSA) is 56.5 Å². The lowest BCUT2D eigenvalue weighted by atomic mass is 10.0. The van der Waals surface area contributed by atoms with Gasteiger partial charge in [0.25, 0.3) is 0 Å². The van der Waals surface area contributed by atoms with E-state index in [0.717, 1.165) is 24.1 Å². The molecular weight excluding hydrogens is 256 g/mol. The molecule has 1 aromatic carbocycles. The van der Waals surface area contributed by atoms with Crippen molar-refractivity contribution < 1.29 is 14.6 Å². The van der Waals surface area contributed by atoms with Gasteiger partial charge in [0.15, 0.2) is 11.5 Å². The largest absolute Gasteiger partial charge is 0.486 e. The van der Waals surface area contributed by atoms with E-state index in [1.807, 2.05) is 29.1 Å². The number of hydrogen-bond acceptors (Lipinski definition) is 4. The van der Waals surface area contributed by atoms with Gasteiger partial charge in [-0.15, -0.1) is 0 Å². The van der Waals surface area contributed by atoms with Crippen LogP contribution in [0, 0.1) is 0 Å². The average molecular weight is 274 g/mol. The number of hydrogen-bond donors (Lipinski definition) is 1. The van der Waals surface area contributed by atoms with Gasteiger partial charge in [-0.1, -0.05) is 19.1 Å². The fourth-order valence-electron chi connectivity index (χ4n) is 2.36. The van der Waals surface area contributed by atoms with E-state index in [1.165, 1.54) is 0 Å². The van der Waals surface area contributed by atoms with Crippen LogP contribution in [0.3, 0.4) is 0 Å². The second kappa shape index (κ2) is 5.54. The van der Waals surface area contributed by atoms with Gasteiger partial charge in [-0.25, -0.2) is 0 Å². The molecule has 1 N–H and O–H groups in total. The third kappa shape index (κ3) is 2.36. The SMILES string of the molecule is CCCn1cc(C(O)c2cccc3c2OCCO3)cn1. The van der Waals surface area contributed by atoms with Crippen LogP contribution in [0.25, 0.3) is 0 Å². The fraction of sp³-hybridized carbons (Fsp3) is 0.400. The smallest absolute Gasteiger partial charge is 0.167 e. The molecule has 3 rings (SSSR count). The third-order valence-electron chi connectivity index (χ3n) is 3.31. The summed E-state index contributed by atoms with van der Waals surface area (Å²) in [6.07, 6.45) is 3.83. The Balaban J connectivity index is 1.91. The molecule has 1 aromatic heterocycles. The number of aliphatic hydroxyl groups excluding tert-OH is 1.